The monoisotopic (exact) mass is 274 g/mol. The van der Waals surface area contributed by atoms with Gasteiger partial charge in [-0.15, -0.1) is 0 Å². The van der Waals surface area contributed by atoms with Crippen molar-refractivity contribution < 1.29 is 9.18 Å². The molecule has 1 atom stereocenters. The van der Waals surface area contributed by atoms with Crippen LogP contribution in [0.5, 0.6) is 0 Å². The summed E-state index contributed by atoms with van der Waals surface area (Å²) in [4.78, 5) is 14.5. The summed E-state index contributed by atoms with van der Waals surface area (Å²) < 4.78 is 13.0. The topological polar surface area (TPSA) is 80.0 Å². The number of primary amides is 1. The van der Waals surface area contributed by atoms with Crippen LogP contribution in [0.15, 0.2) is 42.5 Å². The maximum absolute atomic E-state index is 13.0. The van der Waals surface area contributed by atoms with E-state index in [2.05, 4.69) is 15.6 Å². The molecule has 0 bridgehead atoms. The Bertz CT molecular complexity index is 600. The van der Waals surface area contributed by atoms with Crippen LogP contribution < -0.4 is 16.4 Å². The van der Waals surface area contributed by atoms with Gasteiger partial charge >= 0.3 is 6.03 Å². The van der Waals surface area contributed by atoms with E-state index in [1.165, 1.54) is 6.07 Å². The number of carbonyl (C=O) groups excluding carboxylic acids is 1. The predicted molar refractivity (Wildman–Crippen MR) is 75.9 cm³/mol. The summed E-state index contributed by atoms with van der Waals surface area (Å²) in [6.07, 6.45) is 0. The lowest BCUT2D eigenvalue weighted by Crippen LogP contribution is -2.19. The minimum absolute atomic E-state index is 0.0491. The largest absolute Gasteiger partial charge is 0.363 e. The average molecular weight is 274 g/mol. The Labute approximate surface area is 116 Å². The second-order valence-electron chi connectivity index (χ2n) is 4.32. The maximum atomic E-state index is 13.0. The van der Waals surface area contributed by atoms with Crippen molar-refractivity contribution in [3.63, 3.8) is 0 Å². The van der Waals surface area contributed by atoms with Gasteiger partial charge < -0.3 is 16.4 Å². The summed E-state index contributed by atoms with van der Waals surface area (Å²) in [7, 11) is 0. The number of hydrogen-bond donors (Lipinski definition) is 3. The predicted octanol–water partition coefficient (Wildman–Crippen LogP) is 2.88. The van der Waals surface area contributed by atoms with Gasteiger partial charge in [0.1, 0.15) is 5.82 Å². The molecule has 0 aliphatic heterocycles. The van der Waals surface area contributed by atoms with Crippen molar-refractivity contribution in [2.75, 3.05) is 10.6 Å². The molecule has 6 heteroatoms. The smallest absolute Gasteiger partial charge is 0.316 e. The first-order valence-corrected chi connectivity index (χ1v) is 6.10. The zero-order valence-electron chi connectivity index (χ0n) is 10.9. The maximum Gasteiger partial charge on any atom is 0.316 e. The molecule has 4 N–H and O–H groups in total. The van der Waals surface area contributed by atoms with E-state index in [-0.39, 0.29) is 6.04 Å². The molecule has 0 fully saturated rings. The Morgan fingerprint density at radius 1 is 1.25 bits per heavy atom. The molecular weight excluding hydrogens is 259 g/mol. The summed E-state index contributed by atoms with van der Waals surface area (Å²) in [5.74, 6) is -0.0555. The number of anilines is 2. The molecule has 2 amide bonds. The number of nitrogens with one attached hydrogen (secondary N) is 2. The van der Waals surface area contributed by atoms with E-state index in [1.54, 1.807) is 24.3 Å². The highest BCUT2D eigenvalue weighted by atomic mass is 19.1. The van der Waals surface area contributed by atoms with Gasteiger partial charge in [-0.2, -0.15) is 4.39 Å². The fourth-order valence-electron chi connectivity index (χ4n) is 1.79. The van der Waals surface area contributed by atoms with Crippen molar-refractivity contribution in [1.82, 2.24) is 4.98 Å². The molecule has 0 aliphatic rings. The number of amides is 2. The molecule has 1 aromatic heterocycles. The quantitative estimate of drug-likeness (QED) is 0.750. The van der Waals surface area contributed by atoms with Gasteiger partial charge in [0.15, 0.2) is 0 Å². The summed E-state index contributed by atoms with van der Waals surface area (Å²) in [5, 5.41) is 5.58. The Morgan fingerprint density at radius 2 is 1.95 bits per heavy atom. The Kier molecular flexibility index (Phi) is 4.14. The molecule has 1 heterocycles. The Balaban J connectivity index is 2.05. The van der Waals surface area contributed by atoms with Crippen molar-refractivity contribution in [3.05, 3.63) is 54.0 Å². The zero-order valence-corrected chi connectivity index (χ0v) is 10.9. The van der Waals surface area contributed by atoms with E-state index < -0.39 is 12.0 Å². The number of carbonyl (C=O) groups is 1. The molecule has 1 aromatic carbocycles. The van der Waals surface area contributed by atoms with Crippen LogP contribution in [-0.2, 0) is 0 Å². The first kappa shape index (κ1) is 13.8. The molecule has 1 unspecified atom stereocenters. The highest BCUT2D eigenvalue weighted by Gasteiger charge is 2.07. The molecular formula is C14H15FN4O. The van der Waals surface area contributed by atoms with Crippen molar-refractivity contribution >= 4 is 17.5 Å². The highest BCUT2D eigenvalue weighted by Crippen LogP contribution is 2.19. The molecule has 0 saturated heterocycles. The van der Waals surface area contributed by atoms with E-state index in [0.29, 0.717) is 11.5 Å². The third kappa shape index (κ3) is 3.68. The molecule has 104 valence electrons. The van der Waals surface area contributed by atoms with E-state index >= 15 is 0 Å². The number of pyridine rings is 1. The van der Waals surface area contributed by atoms with Gasteiger partial charge in [-0.1, -0.05) is 18.2 Å². The highest BCUT2D eigenvalue weighted by molar-refractivity contribution is 5.87. The summed E-state index contributed by atoms with van der Waals surface area (Å²) >= 11 is 0. The number of aromatic nitrogens is 1. The molecule has 0 saturated carbocycles. The van der Waals surface area contributed by atoms with Crippen LogP contribution in [0.4, 0.5) is 20.7 Å². The lowest BCUT2D eigenvalue weighted by Gasteiger charge is -2.15. The fraction of sp³-hybridized carbons (Fsp3) is 0.143. The number of halogens is 1. The third-order valence-corrected chi connectivity index (χ3v) is 2.76. The van der Waals surface area contributed by atoms with Gasteiger partial charge in [-0.25, -0.2) is 9.78 Å². The van der Waals surface area contributed by atoms with Crippen molar-refractivity contribution in [2.45, 2.75) is 13.0 Å². The molecule has 0 aliphatic carbocycles. The average Bonchev–Trinajstić information content (AvgIpc) is 2.38. The van der Waals surface area contributed by atoms with Gasteiger partial charge in [-0.3, -0.25) is 0 Å². The molecule has 20 heavy (non-hydrogen) atoms. The molecule has 2 rings (SSSR count). The second kappa shape index (κ2) is 6.01. The van der Waals surface area contributed by atoms with Gasteiger partial charge in [-0.05, 0) is 36.8 Å². The molecule has 2 aromatic rings. The van der Waals surface area contributed by atoms with Crippen molar-refractivity contribution in [3.8, 4) is 0 Å². The Morgan fingerprint density at radius 3 is 2.55 bits per heavy atom. The van der Waals surface area contributed by atoms with Crippen molar-refractivity contribution in [1.29, 1.82) is 0 Å². The zero-order chi connectivity index (χ0) is 14.5. The minimum atomic E-state index is -0.604. The van der Waals surface area contributed by atoms with E-state index in [4.69, 9.17) is 5.73 Å². The van der Waals surface area contributed by atoms with Gasteiger partial charge in [0, 0.05) is 11.7 Å². The van der Waals surface area contributed by atoms with E-state index in [1.807, 2.05) is 19.1 Å². The van der Waals surface area contributed by atoms with E-state index in [9.17, 15) is 9.18 Å². The van der Waals surface area contributed by atoms with Crippen LogP contribution in [0, 0.1) is 5.95 Å². The minimum Gasteiger partial charge on any atom is -0.363 e. The standard InChI is InChI=1S/C14H15FN4O/c1-9(17-13-4-2-3-12(15)19-13)10-5-7-11(8-6-10)18-14(16)20/h2-9H,1H3,(H,17,19)(H3,16,18,20). The summed E-state index contributed by atoms with van der Waals surface area (Å²) in [6, 6.07) is 11.1. The summed E-state index contributed by atoms with van der Waals surface area (Å²) in [6.45, 7) is 1.93. The fourth-order valence-corrected chi connectivity index (χ4v) is 1.79. The van der Waals surface area contributed by atoms with Crippen LogP contribution in [0.3, 0.4) is 0 Å². The number of nitrogens with two attached hydrogens (primary N) is 1. The van der Waals surface area contributed by atoms with Crippen LogP contribution in [0.1, 0.15) is 18.5 Å². The number of urea groups is 1. The van der Waals surface area contributed by atoms with Gasteiger partial charge in [0.05, 0.1) is 0 Å². The van der Waals surface area contributed by atoms with Crippen LogP contribution in [0.25, 0.3) is 0 Å². The van der Waals surface area contributed by atoms with Crippen LogP contribution in [0.2, 0.25) is 0 Å². The number of nitrogens with zero attached hydrogens (tertiary/aromatic N) is 1. The van der Waals surface area contributed by atoms with E-state index in [0.717, 1.165) is 5.56 Å². The number of hydrogen-bond acceptors (Lipinski definition) is 3. The first-order chi connectivity index (χ1) is 9.54. The molecule has 0 spiro atoms. The first-order valence-electron chi connectivity index (χ1n) is 6.10. The molecule has 5 nitrogen and oxygen atoms in total. The number of rotatable bonds is 4. The van der Waals surface area contributed by atoms with Crippen LogP contribution >= 0.6 is 0 Å². The number of benzene rings is 1. The van der Waals surface area contributed by atoms with Gasteiger partial charge in [0.25, 0.3) is 0 Å². The summed E-state index contributed by atoms with van der Waals surface area (Å²) in [5.41, 5.74) is 6.63. The molecule has 0 radical (unpaired) electrons. The SMILES string of the molecule is CC(Nc1cccc(F)n1)c1ccc(NC(N)=O)cc1. The Hall–Kier alpha value is -2.63. The lowest BCUT2D eigenvalue weighted by molar-refractivity contribution is 0.259. The third-order valence-electron chi connectivity index (χ3n) is 2.76. The van der Waals surface area contributed by atoms with Crippen molar-refractivity contribution in [2.24, 2.45) is 5.73 Å². The lowest BCUT2D eigenvalue weighted by atomic mass is 10.1. The van der Waals surface area contributed by atoms with Crippen LogP contribution in [-0.4, -0.2) is 11.0 Å². The normalized spacial score (nSPS) is 11.7. The van der Waals surface area contributed by atoms with Gasteiger partial charge in [0.2, 0.25) is 5.95 Å². The second-order valence-corrected chi connectivity index (χ2v) is 4.32.